The van der Waals surface area contributed by atoms with Crippen molar-refractivity contribution in [2.24, 2.45) is 0 Å². The summed E-state index contributed by atoms with van der Waals surface area (Å²) < 4.78 is 18.0. The zero-order chi connectivity index (χ0) is 20.1. The summed E-state index contributed by atoms with van der Waals surface area (Å²) in [5, 5.41) is 0. The van der Waals surface area contributed by atoms with E-state index in [1.807, 2.05) is 43.3 Å². The maximum absolute atomic E-state index is 12.4. The Morgan fingerprint density at radius 3 is 2.14 bits per heavy atom. The zero-order valence-electron chi connectivity index (χ0n) is 16.7. The van der Waals surface area contributed by atoms with Crippen molar-refractivity contribution >= 4 is 16.8 Å². The van der Waals surface area contributed by atoms with E-state index in [2.05, 4.69) is 52.3 Å². The van der Waals surface area contributed by atoms with Crippen molar-refractivity contribution in [1.82, 2.24) is 4.90 Å². The Balaban J connectivity index is 1.30. The van der Waals surface area contributed by atoms with E-state index in [1.165, 1.54) is 11.3 Å². The fraction of sp³-hybridized carbons (Fsp3) is 0.250. The molecule has 0 bridgehead atoms. The normalized spacial score (nSPS) is 15.8. The van der Waals surface area contributed by atoms with Crippen LogP contribution in [0.2, 0.25) is 0 Å². The molecule has 0 saturated carbocycles. The number of anilines is 1. The van der Waals surface area contributed by atoms with Gasteiger partial charge in [-0.1, -0.05) is 48.0 Å². The maximum Gasteiger partial charge on any atom is 0.240 e. The van der Waals surface area contributed by atoms with Crippen molar-refractivity contribution in [2.45, 2.75) is 18.4 Å². The lowest BCUT2D eigenvalue weighted by Crippen LogP contribution is -2.45. The van der Waals surface area contributed by atoms with Gasteiger partial charge in [-0.05, 0) is 48.9 Å². The van der Waals surface area contributed by atoms with Crippen molar-refractivity contribution in [3.05, 3.63) is 90.0 Å². The second-order valence-electron chi connectivity index (χ2n) is 7.37. The minimum Gasteiger partial charge on any atom is -0.397 e. The van der Waals surface area contributed by atoms with Crippen LogP contribution in [-0.2, 0) is 17.6 Å². The smallest absolute Gasteiger partial charge is 0.240 e. The summed E-state index contributed by atoms with van der Waals surface area (Å²) >= 11 is -1.50. The van der Waals surface area contributed by atoms with Crippen LogP contribution in [0, 0.1) is 6.92 Å². The van der Waals surface area contributed by atoms with Gasteiger partial charge in [0.2, 0.25) is 11.1 Å². The fourth-order valence-electron chi connectivity index (χ4n) is 3.50. The third kappa shape index (κ3) is 5.25. The molecule has 0 radical (unpaired) electrons. The lowest BCUT2D eigenvalue weighted by molar-refractivity contribution is 0.250. The predicted octanol–water partition coefficient (Wildman–Crippen LogP) is 4.42. The molecule has 4 nitrogen and oxygen atoms in total. The number of benzene rings is 3. The van der Waals surface area contributed by atoms with E-state index < -0.39 is 11.1 Å². The Morgan fingerprint density at radius 2 is 1.48 bits per heavy atom. The molecule has 1 atom stereocenters. The van der Waals surface area contributed by atoms with Crippen molar-refractivity contribution < 1.29 is 8.39 Å². The van der Waals surface area contributed by atoms with Crippen LogP contribution in [0.1, 0.15) is 11.1 Å². The van der Waals surface area contributed by atoms with Crippen LogP contribution in [0.3, 0.4) is 0 Å². The third-order valence-corrected chi connectivity index (χ3v) is 6.21. The van der Waals surface area contributed by atoms with Crippen LogP contribution in [0.4, 0.5) is 5.69 Å². The first-order valence-electron chi connectivity index (χ1n) is 9.95. The van der Waals surface area contributed by atoms with Crippen LogP contribution in [0.25, 0.3) is 0 Å². The van der Waals surface area contributed by atoms with Crippen LogP contribution in [0.5, 0.6) is 5.75 Å². The first-order valence-corrected chi connectivity index (χ1v) is 11.0. The molecule has 0 spiro atoms. The quantitative estimate of drug-likeness (QED) is 0.607. The Morgan fingerprint density at radius 1 is 0.828 bits per heavy atom. The third-order valence-electron chi connectivity index (χ3n) is 5.21. The highest BCUT2D eigenvalue weighted by molar-refractivity contribution is 7.80. The highest BCUT2D eigenvalue weighted by atomic mass is 32.2. The van der Waals surface area contributed by atoms with Crippen LogP contribution in [0.15, 0.2) is 83.8 Å². The molecule has 0 aromatic heterocycles. The number of hydrogen-bond acceptors (Lipinski definition) is 4. The minimum atomic E-state index is -1.50. The van der Waals surface area contributed by atoms with Gasteiger partial charge in [0.05, 0.1) is 4.90 Å². The second-order valence-corrected chi connectivity index (χ2v) is 8.48. The highest BCUT2D eigenvalue weighted by Gasteiger charge is 2.17. The molecule has 4 rings (SSSR count). The standard InChI is InChI=1S/C24H26N2O2S/c1-20-7-13-24(14-8-20)29(27)28-23-11-9-22(10-12-23)26-17-15-25(16-18-26)19-21-5-3-2-4-6-21/h2-14H,15-19H2,1H3. The van der Waals surface area contributed by atoms with Crippen LogP contribution in [-0.4, -0.2) is 35.3 Å². The summed E-state index contributed by atoms with van der Waals surface area (Å²) in [5.74, 6) is 0.621. The molecule has 150 valence electrons. The van der Waals surface area contributed by atoms with Gasteiger partial charge >= 0.3 is 0 Å². The van der Waals surface area contributed by atoms with Crippen LogP contribution < -0.4 is 9.08 Å². The largest absolute Gasteiger partial charge is 0.397 e. The molecule has 1 aliphatic rings. The number of rotatable bonds is 6. The van der Waals surface area contributed by atoms with Crippen LogP contribution >= 0.6 is 0 Å². The maximum atomic E-state index is 12.4. The average Bonchev–Trinajstić information content (AvgIpc) is 2.76. The number of piperazine rings is 1. The first kappa shape index (κ1) is 19.7. The van der Waals surface area contributed by atoms with E-state index in [-0.39, 0.29) is 0 Å². The summed E-state index contributed by atoms with van der Waals surface area (Å²) in [7, 11) is 0. The van der Waals surface area contributed by atoms with Gasteiger partial charge < -0.3 is 9.08 Å². The van der Waals surface area contributed by atoms with Gasteiger partial charge in [-0.2, -0.15) is 0 Å². The van der Waals surface area contributed by atoms with Gasteiger partial charge in [0.25, 0.3) is 0 Å². The van der Waals surface area contributed by atoms with Gasteiger partial charge in [0.15, 0.2) is 0 Å². The Hall–Kier alpha value is -2.63. The summed E-state index contributed by atoms with van der Waals surface area (Å²) in [6.45, 7) is 7.11. The Kier molecular flexibility index (Phi) is 6.27. The molecule has 3 aromatic rings. The molecule has 3 aromatic carbocycles. The number of nitrogens with zero attached hydrogens (tertiary/aromatic N) is 2. The van der Waals surface area contributed by atoms with Crippen molar-refractivity contribution in [3.8, 4) is 5.75 Å². The lowest BCUT2D eigenvalue weighted by Gasteiger charge is -2.36. The van der Waals surface area contributed by atoms with Crippen molar-refractivity contribution in [3.63, 3.8) is 0 Å². The van der Waals surface area contributed by atoms with Gasteiger partial charge in [-0.15, -0.1) is 0 Å². The molecule has 1 fully saturated rings. The van der Waals surface area contributed by atoms with Gasteiger partial charge in [-0.25, -0.2) is 4.21 Å². The topological polar surface area (TPSA) is 32.8 Å². The molecule has 1 unspecified atom stereocenters. The molecule has 1 saturated heterocycles. The lowest BCUT2D eigenvalue weighted by atomic mass is 10.2. The summed E-state index contributed by atoms with van der Waals surface area (Å²) in [6.07, 6.45) is 0. The second kappa shape index (κ2) is 9.25. The molecule has 1 heterocycles. The Labute approximate surface area is 175 Å². The molecular weight excluding hydrogens is 380 g/mol. The Bertz CT molecular complexity index is 935. The molecule has 0 N–H and O–H groups in total. The van der Waals surface area contributed by atoms with Gasteiger partial charge in [0, 0.05) is 38.4 Å². The molecule has 0 aliphatic carbocycles. The molecular formula is C24H26N2O2S. The summed E-state index contributed by atoms with van der Waals surface area (Å²) in [4.78, 5) is 5.56. The molecule has 0 amide bonds. The first-order chi connectivity index (χ1) is 14.2. The summed E-state index contributed by atoms with van der Waals surface area (Å²) in [5.41, 5.74) is 3.68. The van der Waals surface area contributed by atoms with E-state index in [0.717, 1.165) is 38.3 Å². The zero-order valence-corrected chi connectivity index (χ0v) is 17.5. The average molecular weight is 407 g/mol. The number of aryl methyl sites for hydroxylation is 1. The van der Waals surface area contributed by atoms with E-state index in [0.29, 0.717) is 10.6 Å². The van der Waals surface area contributed by atoms with Gasteiger partial charge in [-0.3, -0.25) is 4.90 Å². The van der Waals surface area contributed by atoms with E-state index >= 15 is 0 Å². The number of hydrogen-bond donors (Lipinski definition) is 0. The fourth-order valence-corrected chi connectivity index (χ4v) is 4.24. The molecule has 5 heteroatoms. The molecule has 1 aliphatic heterocycles. The van der Waals surface area contributed by atoms with Crippen molar-refractivity contribution in [2.75, 3.05) is 31.1 Å². The summed E-state index contributed by atoms with van der Waals surface area (Å²) in [6, 6.07) is 26.1. The monoisotopic (exact) mass is 406 g/mol. The van der Waals surface area contributed by atoms with Crippen molar-refractivity contribution in [1.29, 1.82) is 0 Å². The SMILES string of the molecule is Cc1ccc(S(=O)Oc2ccc(N3CCN(Cc4ccccc4)CC3)cc2)cc1. The highest BCUT2D eigenvalue weighted by Crippen LogP contribution is 2.23. The minimum absolute atomic E-state index is 0.621. The van der Waals surface area contributed by atoms with E-state index in [9.17, 15) is 4.21 Å². The van der Waals surface area contributed by atoms with E-state index in [1.54, 1.807) is 0 Å². The van der Waals surface area contributed by atoms with Gasteiger partial charge in [0.1, 0.15) is 5.75 Å². The molecule has 29 heavy (non-hydrogen) atoms. The predicted molar refractivity (Wildman–Crippen MR) is 119 cm³/mol. The van der Waals surface area contributed by atoms with E-state index in [4.69, 9.17) is 4.18 Å².